The van der Waals surface area contributed by atoms with Gasteiger partial charge in [-0.15, -0.1) is 0 Å². The van der Waals surface area contributed by atoms with Gasteiger partial charge in [-0.1, -0.05) is 12.1 Å². The van der Waals surface area contributed by atoms with Crippen LogP contribution in [0.2, 0.25) is 0 Å². The molecular weight excluding hydrogens is 488 g/mol. The van der Waals surface area contributed by atoms with Gasteiger partial charge in [0.1, 0.15) is 17.4 Å². The highest BCUT2D eigenvalue weighted by atomic mass is 16.5. The minimum atomic E-state index is -0.823. The molecule has 196 valence electrons. The number of piperidine rings is 1. The van der Waals surface area contributed by atoms with Crippen LogP contribution in [0.1, 0.15) is 71.4 Å². The summed E-state index contributed by atoms with van der Waals surface area (Å²) in [5.41, 5.74) is 2.90. The Bertz CT molecular complexity index is 1540. The number of anilines is 1. The van der Waals surface area contributed by atoms with E-state index in [1.165, 1.54) is 11.7 Å². The number of hydrogen-bond acceptors (Lipinski definition) is 7. The molecule has 0 bridgehead atoms. The van der Waals surface area contributed by atoms with E-state index >= 15 is 0 Å². The molecule has 3 amide bonds. The van der Waals surface area contributed by atoms with Crippen LogP contribution in [0.15, 0.2) is 41.2 Å². The van der Waals surface area contributed by atoms with Gasteiger partial charge in [0.2, 0.25) is 17.7 Å². The molecule has 2 aromatic carbocycles. The first kappa shape index (κ1) is 25.3. The molecule has 1 aliphatic heterocycles. The standard InChI is InChI=1S/C28H28N4O6/c1-15-29-25-19(27(36)32(15)22-11-12-23(33)31-26(22)35)7-4-8-21(25)30-24(34)14-17-6-3-5-16-9-10-18(13-20(16)17)28(37)38-2/h4,7-10,13,17,22H,3,5-6,11-12,14H2,1-2H3,(H,30,34)(H,31,33,35). The van der Waals surface area contributed by atoms with Gasteiger partial charge in [0.05, 0.1) is 23.7 Å². The fraction of sp³-hybridized carbons (Fsp3) is 0.357. The zero-order valence-corrected chi connectivity index (χ0v) is 21.2. The second-order valence-corrected chi connectivity index (χ2v) is 9.75. The first-order valence-corrected chi connectivity index (χ1v) is 12.6. The van der Waals surface area contributed by atoms with Crippen molar-refractivity contribution in [3.8, 4) is 0 Å². The number of carbonyl (C=O) groups excluding carboxylic acids is 4. The van der Waals surface area contributed by atoms with Gasteiger partial charge in [-0.05, 0) is 73.9 Å². The number of carbonyl (C=O) groups is 4. The monoisotopic (exact) mass is 516 g/mol. The highest BCUT2D eigenvalue weighted by Crippen LogP contribution is 2.35. The molecule has 10 nitrogen and oxygen atoms in total. The molecule has 1 aliphatic carbocycles. The van der Waals surface area contributed by atoms with Crippen molar-refractivity contribution in [2.45, 2.75) is 57.4 Å². The molecule has 10 heteroatoms. The lowest BCUT2D eigenvalue weighted by atomic mass is 9.80. The van der Waals surface area contributed by atoms with Crippen molar-refractivity contribution < 1.29 is 23.9 Å². The number of fused-ring (bicyclic) bond motifs is 2. The van der Waals surface area contributed by atoms with Crippen molar-refractivity contribution in [1.82, 2.24) is 14.9 Å². The highest BCUT2D eigenvalue weighted by Gasteiger charge is 2.31. The third kappa shape index (κ3) is 4.69. The van der Waals surface area contributed by atoms with Gasteiger partial charge >= 0.3 is 5.97 Å². The van der Waals surface area contributed by atoms with Gasteiger partial charge in [0, 0.05) is 12.8 Å². The molecule has 1 fully saturated rings. The number of amides is 3. The average Bonchev–Trinajstić information content (AvgIpc) is 2.90. The average molecular weight is 517 g/mol. The smallest absolute Gasteiger partial charge is 0.337 e. The minimum absolute atomic E-state index is 0.0576. The summed E-state index contributed by atoms with van der Waals surface area (Å²) in [5, 5.41) is 5.46. The summed E-state index contributed by atoms with van der Waals surface area (Å²) in [4.78, 5) is 67.1. The molecule has 2 aliphatic rings. The van der Waals surface area contributed by atoms with Crippen LogP contribution in [0.3, 0.4) is 0 Å². The van der Waals surface area contributed by atoms with Gasteiger partial charge in [-0.25, -0.2) is 9.78 Å². The predicted octanol–water partition coefficient (Wildman–Crippen LogP) is 2.92. The Balaban J connectivity index is 1.41. The molecular formula is C28H28N4O6. The molecule has 5 rings (SSSR count). The topological polar surface area (TPSA) is 136 Å². The first-order valence-electron chi connectivity index (χ1n) is 12.6. The van der Waals surface area contributed by atoms with E-state index in [-0.39, 0.29) is 42.4 Å². The Morgan fingerprint density at radius 2 is 1.95 bits per heavy atom. The Morgan fingerprint density at radius 3 is 2.71 bits per heavy atom. The number of para-hydroxylation sites is 1. The Kier molecular flexibility index (Phi) is 6.79. The van der Waals surface area contributed by atoms with E-state index in [4.69, 9.17) is 4.74 Å². The number of hydrogen-bond donors (Lipinski definition) is 2. The number of ether oxygens (including phenoxy) is 1. The number of aryl methyl sites for hydroxylation is 2. The highest BCUT2D eigenvalue weighted by molar-refractivity contribution is 6.01. The summed E-state index contributed by atoms with van der Waals surface area (Å²) >= 11 is 0. The van der Waals surface area contributed by atoms with E-state index in [0.717, 1.165) is 30.4 Å². The van der Waals surface area contributed by atoms with Crippen LogP contribution in [-0.4, -0.2) is 40.4 Å². The van der Waals surface area contributed by atoms with Gasteiger partial charge in [0.15, 0.2) is 0 Å². The van der Waals surface area contributed by atoms with E-state index in [1.54, 1.807) is 31.2 Å². The van der Waals surface area contributed by atoms with Gasteiger partial charge in [0.25, 0.3) is 5.56 Å². The largest absolute Gasteiger partial charge is 0.465 e. The summed E-state index contributed by atoms with van der Waals surface area (Å²) in [6, 6.07) is 9.62. The molecule has 0 spiro atoms. The molecule has 2 atom stereocenters. The summed E-state index contributed by atoms with van der Waals surface area (Å²) in [6.07, 6.45) is 3.21. The second-order valence-electron chi connectivity index (χ2n) is 9.75. The van der Waals surface area contributed by atoms with Crippen LogP contribution in [0.4, 0.5) is 5.69 Å². The maximum absolute atomic E-state index is 13.4. The lowest BCUT2D eigenvalue weighted by Gasteiger charge is -2.26. The van der Waals surface area contributed by atoms with Crippen LogP contribution in [0.25, 0.3) is 10.9 Å². The molecule has 2 N–H and O–H groups in total. The third-order valence-corrected chi connectivity index (χ3v) is 7.34. The number of aromatic nitrogens is 2. The van der Waals surface area contributed by atoms with Crippen molar-refractivity contribution in [1.29, 1.82) is 0 Å². The van der Waals surface area contributed by atoms with Crippen LogP contribution in [0.5, 0.6) is 0 Å². The van der Waals surface area contributed by atoms with E-state index in [9.17, 15) is 24.0 Å². The number of rotatable bonds is 5. The lowest BCUT2D eigenvalue weighted by Crippen LogP contribution is -2.45. The van der Waals surface area contributed by atoms with Crippen LogP contribution in [-0.2, 0) is 25.5 Å². The number of benzene rings is 2. The zero-order valence-electron chi connectivity index (χ0n) is 21.2. The lowest BCUT2D eigenvalue weighted by molar-refractivity contribution is -0.135. The van der Waals surface area contributed by atoms with E-state index < -0.39 is 23.5 Å². The SMILES string of the molecule is COC(=O)c1ccc2c(c1)C(CC(=O)Nc1cccc3c(=O)n(C4CCC(=O)NC4=O)c(C)nc13)CCC2. The Labute approximate surface area is 218 Å². The van der Waals surface area contributed by atoms with Crippen LogP contribution < -0.4 is 16.2 Å². The summed E-state index contributed by atoms with van der Waals surface area (Å²) in [6.45, 7) is 1.63. The Hall–Kier alpha value is -4.34. The predicted molar refractivity (Wildman–Crippen MR) is 139 cm³/mol. The fourth-order valence-electron chi connectivity index (χ4n) is 5.50. The molecule has 1 saturated heterocycles. The number of methoxy groups -OCH3 is 1. The quantitative estimate of drug-likeness (QED) is 0.393. The summed E-state index contributed by atoms with van der Waals surface area (Å²) < 4.78 is 6.16. The number of imide groups is 1. The Morgan fingerprint density at radius 1 is 1.13 bits per heavy atom. The van der Waals surface area contributed by atoms with Gasteiger partial charge in [-0.3, -0.25) is 29.1 Å². The van der Waals surface area contributed by atoms with Gasteiger partial charge in [-0.2, -0.15) is 0 Å². The molecule has 2 unspecified atom stereocenters. The molecule has 1 aromatic heterocycles. The molecule has 38 heavy (non-hydrogen) atoms. The zero-order chi connectivity index (χ0) is 27.0. The number of nitrogens with one attached hydrogen (secondary N) is 2. The number of nitrogens with zero attached hydrogens (tertiary/aromatic N) is 2. The third-order valence-electron chi connectivity index (χ3n) is 7.34. The van der Waals surface area contributed by atoms with E-state index in [0.29, 0.717) is 22.6 Å². The van der Waals surface area contributed by atoms with Gasteiger partial charge < -0.3 is 10.1 Å². The first-order chi connectivity index (χ1) is 18.3. The normalized spacial score (nSPS) is 19.0. The molecule has 0 radical (unpaired) electrons. The molecule has 3 aromatic rings. The summed E-state index contributed by atoms with van der Waals surface area (Å²) in [5.74, 6) is -1.28. The van der Waals surface area contributed by atoms with Crippen LogP contribution in [0, 0.1) is 6.92 Å². The maximum Gasteiger partial charge on any atom is 0.337 e. The number of esters is 1. The van der Waals surface area contributed by atoms with E-state index in [1.807, 2.05) is 12.1 Å². The molecule has 2 heterocycles. The van der Waals surface area contributed by atoms with Crippen molar-refractivity contribution >= 4 is 40.3 Å². The van der Waals surface area contributed by atoms with Crippen LogP contribution >= 0.6 is 0 Å². The van der Waals surface area contributed by atoms with Crippen molar-refractivity contribution in [3.05, 3.63) is 69.3 Å². The minimum Gasteiger partial charge on any atom is -0.465 e. The van der Waals surface area contributed by atoms with Crippen molar-refractivity contribution in [2.24, 2.45) is 0 Å². The maximum atomic E-state index is 13.4. The summed E-state index contributed by atoms with van der Waals surface area (Å²) in [7, 11) is 1.34. The molecule has 0 saturated carbocycles. The van der Waals surface area contributed by atoms with Crippen molar-refractivity contribution in [3.63, 3.8) is 0 Å². The van der Waals surface area contributed by atoms with E-state index in [2.05, 4.69) is 15.6 Å². The second kappa shape index (κ2) is 10.2. The van der Waals surface area contributed by atoms with Crippen molar-refractivity contribution in [2.75, 3.05) is 12.4 Å². The fourth-order valence-corrected chi connectivity index (χ4v) is 5.50.